The molecule has 0 heterocycles. The molecule has 2 atom stereocenters. The molecule has 3 heteroatoms. The minimum absolute atomic E-state index is 0.146. The Hall–Kier alpha value is -1.02. The smallest absolute Gasteiger partial charge is 0.227 e. The predicted molar refractivity (Wildman–Crippen MR) is 71.1 cm³/mol. The first-order valence-corrected chi connectivity index (χ1v) is 6.70. The zero-order valence-electron chi connectivity index (χ0n) is 10.1. The quantitative estimate of drug-likeness (QED) is 0.814. The summed E-state index contributed by atoms with van der Waals surface area (Å²) in [5, 5.41) is 3.01. The zero-order chi connectivity index (χ0) is 12.3. The first-order chi connectivity index (χ1) is 8.22. The third kappa shape index (κ3) is 2.81. The number of halogens is 1. The molecular weight excluding hydrogens is 234 g/mol. The van der Waals surface area contributed by atoms with Gasteiger partial charge in [-0.1, -0.05) is 31.5 Å². The molecule has 2 nitrogen and oxygen atoms in total. The average molecular weight is 252 g/mol. The molecule has 2 rings (SSSR count). The van der Waals surface area contributed by atoms with E-state index in [4.69, 9.17) is 11.6 Å². The van der Waals surface area contributed by atoms with E-state index < -0.39 is 0 Å². The molecule has 1 aliphatic carbocycles. The van der Waals surface area contributed by atoms with Crippen LogP contribution < -0.4 is 5.32 Å². The van der Waals surface area contributed by atoms with Crippen LogP contribution >= 0.6 is 11.6 Å². The van der Waals surface area contributed by atoms with Crippen molar-refractivity contribution in [3.8, 4) is 0 Å². The minimum atomic E-state index is 0.146. The van der Waals surface area contributed by atoms with Crippen molar-refractivity contribution in [1.82, 2.24) is 0 Å². The lowest BCUT2D eigenvalue weighted by atomic mass is 9.97. The second-order valence-electron chi connectivity index (χ2n) is 4.79. The van der Waals surface area contributed by atoms with Crippen molar-refractivity contribution in [2.75, 3.05) is 5.32 Å². The molecule has 1 amide bonds. The van der Waals surface area contributed by atoms with Gasteiger partial charge in [-0.3, -0.25) is 4.79 Å². The minimum Gasteiger partial charge on any atom is -0.326 e. The van der Waals surface area contributed by atoms with Gasteiger partial charge in [0.1, 0.15) is 0 Å². The molecular formula is C14H18ClNO. The molecule has 0 radical (unpaired) electrons. The van der Waals surface area contributed by atoms with Crippen molar-refractivity contribution in [3.05, 3.63) is 29.8 Å². The summed E-state index contributed by atoms with van der Waals surface area (Å²) in [5.41, 5.74) is 1.83. The van der Waals surface area contributed by atoms with Crippen molar-refractivity contribution >= 4 is 23.2 Å². The maximum atomic E-state index is 12.1. The summed E-state index contributed by atoms with van der Waals surface area (Å²) in [5.74, 6) is 1.24. The molecule has 0 aliphatic heterocycles. The van der Waals surface area contributed by atoms with E-state index in [1.54, 1.807) is 0 Å². The highest BCUT2D eigenvalue weighted by Gasteiger charge is 2.29. The van der Waals surface area contributed by atoms with E-state index >= 15 is 0 Å². The fraction of sp³-hybridized carbons (Fsp3) is 0.500. The largest absolute Gasteiger partial charge is 0.326 e. The molecule has 0 spiro atoms. The van der Waals surface area contributed by atoms with E-state index in [-0.39, 0.29) is 11.8 Å². The van der Waals surface area contributed by atoms with Crippen LogP contribution in [0.5, 0.6) is 0 Å². The van der Waals surface area contributed by atoms with E-state index in [0.717, 1.165) is 30.5 Å². The van der Waals surface area contributed by atoms with Crippen LogP contribution in [0.2, 0.25) is 0 Å². The molecule has 0 aromatic heterocycles. The van der Waals surface area contributed by atoms with Gasteiger partial charge in [0.05, 0.1) is 0 Å². The van der Waals surface area contributed by atoms with Gasteiger partial charge in [-0.2, -0.15) is 0 Å². The summed E-state index contributed by atoms with van der Waals surface area (Å²) in [6.07, 6.45) is 3.34. The Morgan fingerprint density at radius 2 is 2.18 bits per heavy atom. The first-order valence-electron chi connectivity index (χ1n) is 6.17. The molecule has 92 valence electrons. The van der Waals surface area contributed by atoms with Crippen molar-refractivity contribution in [2.45, 2.75) is 32.1 Å². The van der Waals surface area contributed by atoms with E-state index in [0.29, 0.717) is 11.8 Å². The van der Waals surface area contributed by atoms with Gasteiger partial charge >= 0.3 is 0 Å². The average Bonchev–Trinajstić information content (AvgIpc) is 2.76. The van der Waals surface area contributed by atoms with Crippen LogP contribution in [0.15, 0.2) is 24.3 Å². The van der Waals surface area contributed by atoms with Gasteiger partial charge in [-0.25, -0.2) is 0 Å². The summed E-state index contributed by atoms with van der Waals surface area (Å²) in [6, 6.07) is 7.71. The molecule has 1 saturated carbocycles. The second-order valence-corrected chi connectivity index (χ2v) is 5.06. The number of amides is 1. The summed E-state index contributed by atoms with van der Waals surface area (Å²) < 4.78 is 0. The molecule has 17 heavy (non-hydrogen) atoms. The number of hydrogen-bond donors (Lipinski definition) is 1. The lowest BCUT2D eigenvalue weighted by molar-refractivity contribution is -0.120. The van der Waals surface area contributed by atoms with E-state index in [9.17, 15) is 4.79 Å². The van der Waals surface area contributed by atoms with Crippen LogP contribution in [-0.4, -0.2) is 5.91 Å². The number of nitrogens with one attached hydrogen (secondary N) is 1. The SMILES string of the molecule is CC1CCCC1C(=O)Nc1ccccc1CCl. The Balaban J connectivity index is 2.07. The topological polar surface area (TPSA) is 29.1 Å². The van der Waals surface area contributed by atoms with Crippen LogP contribution in [0.4, 0.5) is 5.69 Å². The lowest BCUT2D eigenvalue weighted by Gasteiger charge is -2.16. The fourth-order valence-corrected chi connectivity index (χ4v) is 2.75. The Morgan fingerprint density at radius 3 is 2.82 bits per heavy atom. The number of para-hydroxylation sites is 1. The molecule has 1 N–H and O–H groups in total. The van der Waals surface area contributed by atoms with Crippen LogP contribution in [0, 0.1) is 11.8 Å². The molecule has 0 saturated heterocycles. The molecule has 1 fully saturated rings. The van der Waals surface area contributed by atoms with E-state index in [1.807, 2.05) is 24.3 Å². The van der Waals surface area contributed by atoms with E-state index in [1.165, 1.54) is 0 Å². The predicted octanol–water partition coefficient (Wildman–Crippen LogP) is 3.80. The van der Waals surface area contributed by atoms with Gasteiger partial charge in [0, 0.05) is 17.5 Å². The van der Waals surface area contributed by atoms with Gasteiger partial charge in [-0.05, 0) is 30.4 Å². The van der Waals surface area contributed by atoms with Crippen LogP contribution in [0.3, 0.4) is 0 Å². The highest BCUT2D eigenvalue weighted by atomic mass is 35.5. The Kier molecular flexibility index (Phi) is 4.06. The van der Waals surface area contributed by atoms with Gasteiger partial charge in [-0.15, -0.1) is 11.6 Å². The highest BCUT2D eigenvalue weighted by molar-refractivity contribution is 6.17. The normalized spacial score (nSPS) is 23.6. The van der Waals surface area contributed by atoms with Gasteiger partial charge < -0.3 is 5.32 Å². The van der Waals surface area contributed by atoms with Crippen LogP contribution in [-0.2, 0) is 10.7 Å². The summed E-state index contributed by atoms with van der Waals surface area (Å²) in [6.45, 7) is 2.16. The number of carbonyl (C=O) groups excluding carboxylic acids is 1. The Bertz CT molecular complexity index is 405. The van der Waals surface area contributed by atoms with Crippen LogP contribution in [0.1, 0.15) is 31.7 Å². The zero-order valence-corrected chi connectivity index (χ0v) is 10.8. The number of rotatable bonds is 3. The van der Waals surface area contributed by atoms with Gasteiger partial charge in [0.15, 0.2) is 0 Å². The second kappa shape index (κ2) is 5.54. The first kappa shape index (κ1) is 12.4. The number of alkyl halides is 1. The summed E-state index contributed by atoms with van der Waals surface area (Å²) in [7, 11) is 0. The van der Waals surface area contributed by atoms with Gasteiger partial charge in [0.2, 0.25) is 5.91 Å². The molecule has 1 aliphatic rings. The monoisotopic (exact) mass is 251 g/mol. The number of carbonyl (C=O) groups is 1. The van der Waals surface area contributed by atoms with Crippen molar-refractivity contribution in [1.29, 1.82) is 0 Å². The number of benzene rings is 1. The lowest BCUT2D eigenvalue weighted by Crippen LogP contribution is -2.24. The number of hydrogen-bond acceptors (Lipinski definition) is 1. The number of anilines is 1. The Labute approximate surface area is 107 Å². The van der Waals surface area contributed by atoms with Crippen molar-refractivity contribution in [3.63, 3.8) is 0 Å². The molecule has 1 aromatic carbocycles. The van der Waals surface area contributed by atoms with Crippen molar-refractivity contribution < 1.29 is 4.79 Å². The van der Waals surface area contributed by atoms with Crippen molar-refractivity contribution in [2.24, 2.45) is 11.8 Å². The van der Waals surface area contributed by atoms with Crippen LogP contribution in [0.25, 0.3) is 0 Å². The summed E-state index contributed by atoms with van der Waals surface area (Å²) in [4.78, 5) is 12.1. The molecule has 2 unspecified atom stereocenters. The maximum absolute atomic E-state index is 12.1. The molecule has 0 bridgehead atoms. The fourth-order valence-electron chi connectivity index (χ4n) is 2.52. The summed E-state index contributed by atoms with van der Waals surface area (Å²) >= 11 is 5.85. The van der Waals surface area contributed by atoms with Gasteiger partial charge in [0.25, 0.3) is 0 Å². The standard InChI is InChI=1S/C14H18ClNO/c1-10-5-4-7-12(10)14(17)16-13-8-3-2-6-11(13)9-15/h2-3,6,8,10,12H,4-5,7,9H2,1H3,(H,16,17). The third-order valence-electron chi connectivity index (χ3n) is 3.62. The maximum Gasteiger partial charge on any atom is 0.227 e. The third-order valence-corrected chi connectivity index (χ3v) is 3.91. The Morgan fingerprint density at radius 1 is 1.41 bits per heavy atom. The highest BCUT2D eigenvalue weighted by Crippen LogP contribution is 2.32. The molecule has 1 aromatic rings. The van der Waals surface area contributed by atoms with E-state index in [2.05, 4.69) is 12.2 Å².